The molecule has 1 aromatic heterocycles. The van der Waals surface area contributed by atoms with Gasteiger partial charge in [-0.15, -0.1) is 0 Å². The van der Waals surface area contributed by atoms with Crippen LogP contribution in [-0.4, -0.2) is 43.9 Å². The van der Waals surface area contributed by atoms with Crippen LogP contribution < -0.4 is 5.14 Å². The van der Waals surface area contributed by atoms with Gasteiger partial charge < -0.3 is 9.47 Å². The Morgan fingerprint density at radius 2 is 2.05 bits per heavy atom. The minimum atomic E-state index is -4.04. The van der Waals surface area contributed by atoms with Gasteiger partial charge in [-0.3, -0.25) is 5.10 Å². The fourth-order valence-electron chi connectivity index (χ4n) is 1.39. The van der Waals surface area contributed by atoms with E-state index in [9.17, 15) is 13.2 Å². The van der Waals surface area contributed by atoms with Crippen molar-refractivity contribution in [3.05, 3.63) is 11.4 Å². The van der Waals surface area contributed by atoms with Gasteiger partial charge in [0.05, 0.1) is 18.4 Å². The van der Waals surface area contributed by atoms with Gasteiger partial charge in [0.25, 0.3) is 0 Å². The van der Waals surface area contributed by atoms with Gasteiger partial charge in [-0.1, -0.05) is 0 Å². The van der Waals surface area contributed by atoms with Gasteiger partial charge in [0, 0.05) is 0 Å². The summed E-state index contributed by atoms with van der Waals surface area (Å²) in [6, 6.07) is 0. The van der Waals surface area contributed by atoms with Crippen LogP contribution in [0, 0.1) is 6.92 Å². The number of nitrogens with zero attached hydrogens (tertiary/aromatic N) is 1. The second-order valence-corrected chi connectivity index (χ2v) is 5.63. The molecule has 0 aliphatic carbocycles. The second kappa shape index (κ2) is 6.13. The number of esters is 1. The standard InChI is InChI=1S/C10H17N3O5S/c1-6(2)17-4-5-18-10(14)8-9(19(11,15)16)7(3)12-13-8/h6H,4-5H2,1-3H3,(H,12,13)(H2,11,15,16). The predicted octanol–water partition coefficient (Wildman–Crippen LogP) is -0.0527. The van der Waals surface area contributed by atoms with Crippen molar-refractivity contribution >= 4 is 16.0 Å². The first-order valence-electron chi connectivity index (χ1n) is 5.60. The van der Waals surface area contributed by atoms with Crippen molar-refractivity contribution in [1.82, 2.24) is 10.2 Å². The monoisotopic (exact) mass is 291 g/mol. The number of aromatic amines is 1. The van der Waals surface area contributed by atoms with Crippen molar-refractivity contribution in [2.24, 2.45) is 5.14 Å². The Morgan fingerprint density at radius 3 is 2.58 bits per heavy atom. The van der Waals surface area contributed by atoms with E-state index >= 15 is 0 Å². The normalized spacial score (nSPS) is 11.8. The van der Waals surface area contributed by atoms with Crippen molar-refractivity contribution in [2.75, 3.05) is 13.2 Å². The van der Waals surface area contributed by atoms with Crippen LogP contribution in [0.1, 0.15) is 30.0 Å². The van der Waals surface area contributed by atoms with Gasteiger partial charge >= 0.3 is 5.97 Å². The molecule has 0 saturated heterocycles. The summed E-state index contributed by atoms with van der Waals surface area (Å²) in [6.45, 7) is 5.37. The van der Waals surface area contributed by atoms with Gasteiger partial charge in [0.2, 0.25) is 10.0 Å². The number of hydrogen-bond donors (Lipinski definition) is 2. The molecule has 0 bridgehead atoms. The van der Waals surface area contributed by atoms with E-state index in [4.69, 9.17) is 14.6 Å². The first kappa shape index (κ1) is 15.6. The van der Waals surface area contributed by atoms with Gasteiger partial charge in [0.1, 0.15) is 11.5 Å². The average molecular weight is 291 g/mol. The molecule has 3 N–H and O–H groups in total. The van der Waals surface area contributed by atoms with Crippen molar-refractivity contribution in [2.45, 2.75) is 31.8 Å². The molecule has 9 heteroatoms. The molecule has 1 heterocycles. The van der Waals surface area contributed by atoms with E-state index in [0.29, 0.717) is 0 Å². The summed E-state index contributed by atoms with van der Waals surface area (Å²) in [6.07, 6.45) is 0.0197. The maximum absolute atomic E-state index is 11.7. The molecule has 0 aliphatic heterocycles. The fourth-order valence-corrected chi connectivity index (χ4v) is 2.26. The lowest BCUT2D eigenvalue weighted by Gasteiger charge is -2.07. The molecule has 19 heavy (non-hydrogen) atoms. The Kier molecular flexibility index (Phi) is 5.04. The number of hydrogen-bond acceptors (Lipinski definition) is 6. The highest BCUT2D eigenvalue weighted by Crippen LogP contribution is 2.16. The number of ether oxygens (including phenoxy) is 2. The number of carbonyl (C=O) groups is 1. The SMILES string of the molecule is Cc1[nH]nc(C(=O)OCCOC(C)C)c1S(N)(=O)=O. The molecule has 0 aromatic carbocycles. The molecule has 1 rings (SSSR count). The lowest BCUT2D eigenvalue weighted by atomic mass is 10.4. The molecule has 8 nitrogen and oxygen atoms in total. The van der Waals surface area contributed by atoms with Gasteiger partial charge in [-0.25, -0.2) is 18.4 Å². The van der Waals surface area contributed by atoms with Gasteiger partial charge in [-0.2, -0.15) is 5.10 Å². The van der Waals surface area contributed by atoms with Gasteiger partial charge in [-0.05, 0) is 20.8 Å². The van der Waals surface area contributed by atoms with E-state index in [0.717, 1.165) is 0 Å². The smallest absolute Gasteiger partial charge is 0.360 e. The first-order chi connectivity index (χ1) is 8.73. The highest BCUT2D eigenvalue weighted by molar-refractivity contribution is 7.89. The van der Waals surface area contributed by atoms with Crippen molar-refractivity contribution in [3.8, 4) is 0 Å². The molecule has 0 saturated carbocycles. The van der Waals surface area contributed by atoms with E-state index in [2.05, 4.69) is 10.2 Å². The van der Waals surface area contributed by atoms with Crippen molar-refractivity contribution in [1.29, 1.82) is 0 Å². The van der Waals surface area contributed by atoms with E-state index in [-0.39, 0.29) is 35.6 Å². The third kappa shape index (κ3) is 4.30. The number of nitrogens with one attached hydrogen (secondary N) is 1. The second-order valence-electron chi connectivity index (χ2n) is 4.13. The number of aromatic nitrogens is 2. The lowest BCUT2D eigenvalue weighted by molar-refractivity contribution is 0.0170. The maximum atomic E-state index is 11.7. The van der Waals surface area contributed by atoms with Crippen LogP contribution in [-0.2, 0) is 19.5 Å². The zero-order valence-corrected chi connectivity index (χ0v) is 11.8. The summed E-state index contributed by atoms with van der Waals surface area (Å²) in [4.78, 5) is 11.3. The third-order valence-corrected chi connectivity index (χ3v) is 3.21. The molecule has 0 fully saturated rings. The van der Waals surface area contributed by atoms with Crippen LogP contribution in [0.15, 0.2) is 4.90 Å². The van der Waals surface area contributed by atoms with E-state index in [1.165, 1.54) is 6.92 Å². The Morgan fingerprint density at radius 1 is 1.42 bits per heavy atom. The number of sulfonamides is 1. The van der Waals surface area contributed by atoms with Crippen LogP contribution >= 0.6 is 0 Å². The van der Waals surface area contributed by atoms with Crippen LogP contribution in [0.4, 0.5) is 0 Å². The largest absolute Gasteiger partial charge is 0.458 e. The Balaban J connectivity index is 2.74. The average Bonchev–Trinajstić information content (AvgIpc) is 2.65. The number of rotatable bonds is 6. The minimum Gasteiger partial charge on any atom is -0.458 e. The Hall–Kier alpha value is -1.45. The molecule has 0 aliphatic rings. The molecule has 0 atom stereocenters. The molecule has 0 radical (unpaired) electrons. The van der Waals surface area contributed by atoms with Gasteiger partial charge in [0.15, 0.2) is 5.69 Å². The Bertz CT molecular complexity index is 550. The molecule has 0 spiro atoms. The zero-order chi connectivity index (χ0) is 14.6. The topological polar surface area (TPSA) is 124 Å². The number of primary sulfonamides is 1. The molecule has 0 amide bonds. The zero-order valence-electron chi connectivity index (χ0n) is 11.0. The number of nitrogens with two attached hydrogens (primary N) is 1. The maximum Gasteiger partial charge on any atom is 0.360 e. The first-order valence-corrected chi connectivity index (χ1v) is 7.14. The summed E-state index contributed by atoms with van der Waals surface area (Å²) in [5, 5.41) is 11.0. The predicted molar refractivity (Wildman–Crippen MR) is 66.1 cm³/mol. The third-order valence-electron chi connectivity index (χ3n) is 2.14. The Labute approximate surface area is 111 Å². The summed E-state index contributed by atoms with van der Waals surface area (Å²) in [7, 11) is -4.04. The molecule has 0 unspecified atom stereocenters. The molecule has 108 valence electrons. The molecular weight excluding hydrogens is 274 g/mol. The fraction of sp³-hybridized carbons (Fsp3) is 0.600. The summed E-state index contributed by atoms with van der Waals surface area (Å²) in [5.74, 6) is -0.860. The lowest BCUT2D eigenvalue weighted by Crippen LogP contribution is -2.19. The van der Waals surface area contributed by atoms with E-state index in [1.807, 2.05) is 13.8 Å². The van der Waals surface area contributed by atoms with E-state index < -0.39 is 16.0 Å². The number of carbonyl (C=O) groups excluding carboxylic acids is 1. The van der Waals surface area contributed by atoms with Crippen LogP contribution in [0.3, 0.4) is 0 Å². The van der Waals surface area contributed by atoms with Crippen molar-refractivity contribution < 1.29 is 22.7 Å². The quantitative estimate of drug-likeness (QED) is 0.559. The van der Waals surface area contributed by atoms with Crippen LogP contribution in [0.2, 0.25) is 0 Å². The number of H-pyrrole nitrogens is 1. The summed E-state index contributed by atoms with van der Waals surface area (Å²) in [5.41, 5.74) is -0.155. The highest BCUT2D eigenvalue weighted by atomic mass is 32.2. The van der Waals surface area contributed by atoms with Crippen LogP contribution in [0.25, 0.3) is 0 Å². The van der Waals surface area contributed by atoms with Crippen molar-refractivity contribution in [3.63, 3.8) is 0 Å². The number of aryl methyl sites for hydroxylation is 1. The van der Waals surface area contributed by atoms with Crippen LogP contribution in [0.5, 0.6) is 0 Å². The summed E-state index contributed by atoms with van der Waals surface area (Å²) >= 11 is 0. The molecular formula is C10H17N3O5S. The van der Waals surface area contributed by atoms with E-state index in [1.54, 1.807) is 0 Å². The highest BCUT2D eigenvalue weighted by Gasteiger charge is 2.26. The molecule has 1 aromatic rings. The summed E-state index contributed by atoms with van der Waals surface area (Å²) < 4.78 is 32.7. The minimum absolute atomic E-state index is 0.00692.